The summed E-state index contributed by atoms with van der Waals surface area (Å²) < 4.78 is 0.597. The van der Waals surface area contributed by atoms with E-state index in [1.807, 2.05) is 24.3 Å². The SMILES string of the molecule is C[N+]1(c2cnc(NN)c(NCc3ccc4ncccc4c3)n2)CC=C(N)C1. The Bertz CT molecular complexity index is 1020. The summed E-state index contributed by atoms with van der Waals surface area (Å²) in [5.74, 6) is 7.58. The number of nitrogens with zero attached hydrogens (tertiary/aromatic N) is 4. The quantitative estimate of drug-likeness (QED) is 0.310. The van der Waals surface area contributed by atoms with E-state index in [1.165, 1.54) is 0 Å². The van der Waals surface area contributed by atoms with Crippen molar-refractivity contribution >= 4 is 28.4 Å². The number of quaternary nitrogens is 1. The second kappa shape index (κ2) is 6.82. The molecule has 0 saturated heterocycles. The molecule has 3 heterocycles. The van der Waals surface area contributed by atoms with E-state index in [-0.39, 0.29) is 0 Å². The number of nitrogens with one attached hydrogen (secondary N) is 2. The molecule has 0 aliphatic carbocycles. The zero-order valence-electron chi connectivity index (χ0n) is 15.2. The first-order valence-corrected chi connectivity index (χ1v) is 8.78. The number of anilines is 2. The Morgan fingerprint density at radius 3 is 2.85 bits per heavy atom. The first-order valence-electron chi connectivity index (χ1n) is 8.78. The molecule has 1 unspecified atom stereocenters. The molecule has 8 heteroatoms. The topological polar surface area (TPSA) is 115 Å². The Labute approximate surface area is 157 Å². The summed E-state index contributed by atoms with van der Waals surface area (Å²) in [6, 6.07) is 10.2. The van der Waals surface area contributed by atoms with Crippen LogP contribution in [0.4, 0.5) is 17.5 Å². The Morgan fingerprint density at radius 2 is 2.07 bits per heavy atom. The van der Waals surface area contributed by atoms with Gasteiger partial charge in [-0.3, -0.25) is 9.47 Å². The van der Waals surface area contributed by atoms with E-state index in [9.17, 15) is 0 Å². The zero-order valence-corrected chi connectivity index (χ0v) is 15.2. The lowest BCUT2D eigenvalue weighted by Gasteiger charge is -2.27. The van der Waals surface area contributed by atoms with Gasteiger partial charge in [0, 0.05) is 18.1 Å². The average Bonchev–Trinajstić information content (AvgIpc) is 3.05. The minimum Gasteiger partial charge on any atom is -0.398 e. The second-order valence-electron chi connectivity index (χ2n) is 6.97. The molecule has 4 rings (SSSR count). The van der Waals surface area contributed by atoms with Gasteiger partial charge in [0.1, 0.15) is 19.3 Å². The first kappa shape index (κ1) is 17.2. The summed E-state index contributed by atoms with van der Waals surface area (Å²) in [4.78, 5) is 13.5. The molecular formula is C19H23N8+. The maximum Gasteiger partial charge on any atom is 0.248 e. The maximum absolute atomic E-state index is 5.97. The Morgan fingerprint density at radius 1 is 1.19 bits per heavy atom. The number of fused-ring (bicyclic) bond motifs is 1. The molecule has 138 valence electrons. The minimum absolute atomic E-state index is 0.507. The highest BCUT2D eigenvalue weighted by molar-refractivity contribution is 5.79. The number of likely N-dealkylation sites (N-methyl/N-ethyl adjacent to an activating group) is 1. The van der Waals surface area contributed by atoms with Crippen LogP contribution in [0.5, 0.6) is 0 Å². The number of nitrogens with two attached hydrogens (primary N) is 2. The number of pyridine rings is 1. The third-order valence-corrected chi connectivity index (χ3v) is 4.86. The summed E-state index contributed by atoms with van der Waals surface area (Å²) in [6.07, 6.45) is 5.57. The highest BCUT2D eigenvalue weighted by atomic mass is 15.4. The van der Waals surface area contributed by atoms with Gasteiger partial charge in [0.05, 0.1) is 18.3 Å². The van der Waals surface area contributed by atoms with Gasteiger partial charge in [-0.15, -0.1) is 0 Å². The molecule has 1 aliphatic heterocycles. The molecule has 1 atom stereocenters. The number of nitrogen functional groups attached to an aromatic ring is 1. The highest BCUT2D eigenvalue weighted by Crippen LogP contribution is 2.27. The van der Waals surface area contributed by atoms with Crippen LogP contribution in [0.15, 0.2) is 54.5 Å². The van der Waals surface area contributed by atoms with E-state index in [1.54, 1.807) is 12.4 Å². The van der Waals surface area contributed by atoms with Crippen LogP contribution in [0, 0.1) is 0 Å². The van der Waals surface area contributed by atoms with Gasteiger partial charge in [0.25, 0.3) is 0 Å². The zero-order chi connectivity index (χ0) is 18.9. The van der Waals surface area contributed by atoms with Crippen molar-refractivity contribution in [1.82, 2.24) is 19.4 Å². The molecular weight excluding hydrogens is 340 g/mol. The van der Waals surface area contributed by atoms with Crippen molar-refractivity contribution in [2.75, 3.05) is 30.9 Å². The predicted molar refractivity (Wildman–Crippen MR) is 109 cm³/mol. The monoisotopic (exact) mass is 363 g/mol. The van der Waals surface area contributed by atoms with Gasteiger partial charge in [-0.05, 0) is 29.8 Å². The number of rotatable bonds is 5. The molecule has 2 aromatic heterocycles. The Kier molecular flexibility index (Phi) is 4.35. The van der Waals surface area contributed by atoms with Crippen molar-refractivity contribution in [2.45, 2.75) is 6.54 Å². The summed E-state index contributed by atoms with van der Waals surface area (Å²) in [5.41, 5.74) is 11.5. The van der Waals surface area contributed by atoms with Crippen LogP contribution in [0.3, 0.4) is 0 Å². The largest absolute Gasteiger partial charge is 0.398 e. The lowest BCUT2D eigenvalue weighted by molar-refractivity contribution is 0.404. The van der Waals surface area contributed by atoms with Crippen LogP contribution in [0.1, 0.15) is 5.56 Å². The third kappa shape index (κ3) is 3.40. The van der Waals surface area contributed by atoms with E-state index in [0.29, 0.717) is 22.7 Å². The maximum atomic E-state index is 5.97. The van der Waals surface area contributed by atoms with Gasteiger partial charge in [-0.2, -0.15) is 4.98 Å². The van der Waals surface area contributed by atoms with Gasteiger partial charge in [0.15, 0.2) is 11.6 Å². The van der Waals surface area contributed by atoms with Crippen molar-refractivity contribution in [2.24, 2.45) is 11.6 Å². The summed E-state index contributed by atoms with van der Waals surface area (Å²) in [7, 11) is 2.09. The summed E-state index contributed by atoms with van der Waals surface area (Å²) >= 11 is 0. The van der Waals surface area contributed by atoms with Crippen molar-refractivity contribution < 1.29 is 0 Å². The molecule has 1 aromatic carbocycles. The molecule has 0 saturated carbocycles. The van der Waals surface area contributed by atoms with Crippen LogP contribution in [0.2, 0.25) is 0 Å². The van der Waals surface area contributed by atoms with E-state index in [0.717, 1.165) is 41.1 Å². The highest BCUT2D eigenvalue weighted by Gasteiger charge is 2.32. The summed E-state index contributed by atoms with van der Waals surface area (Å²) in [6.45, 7) is 2.12. The number of aromatic nitrogens is 3. The fourth-order valence-electron chi connectivity index (χ4n) is 3.31. The molecule has 0 bridgehead atoms. The van der Waals surface area contributed by atoms with Crippen LogP contribution >= 0.6 is 0 Å². The van der Waals surface area contributed by atoms with Crippen LogP contribution < -0.4 is 26.8 Å². The number of hydrazine groups is 1. The molecule has 0 radical (unpaired) electrons. The van der Waals surface area contributed by atoms with Crippen molar-refractivity contribution in [3.63, 3.8) is 0 Å². The smallest absolute Gasteiger partial charge is 0.248 e. The molecule has 0 fully saturated rings. The van der Waals surface area contributed by atoms with E-state index < -0.39 is 0 Å². The average molecular weight is 363 g/mol. The second-order valence-corrected chi connectivity index (χ2v) is 6.97. The molecule has 27 heavy (non-hydrogen) atoms. The van der Waals surface area contributed by atoms with Crippen molar-refractivity contribution in [3.05, 3.63) is 60.1 Å². The predicted octanol–water partition coefficient (Wildman–Crippen LogP) is 1.72. The van der Waals surface area contributed by atoms with E-state index in [2.05, 4.69) is 39.9 Å². The van der Waals surface area contributed by atoms with Gasteiger partial charge in [-0.1, -0.05) is 12.1 Å². The van der Waals surface area contributed by atoms with Crippen molar-refractivity contribution in [3.8, 4) is 0 Å². The standard InChI is InChI=1S/C19H23N8/c1-27(8-6-15(20)12-27)17-11-24-19(26-21)18(25-17)23-10-13-4-5-16-14(9-13)3-2-7-22-16/h2-7,9,11H,8,10,12,20-21H2,1H3,(H,23,25)(H,24,26)/q+1. The lowest BCUT2D eigenvalue weighted by atomic mass is 10.1. The molecule has 6 N–H and O–H groups in total. The Balaban J connectivity index is 1.57. The van der Waals surface area contributed by atoms with Gasteiger partial charge in [0.2, 0.25) is 5.82 Å². The lowest BCUT2D eigenvalue weighted by Crippen LogP contribution is -2.44. The van der Waals surface area contributed by atoms with Gasteiger partial charge in [-0.25, -0.2) is 10.8 Å². The normalized spacial score (nSPS) is 19.1. The molecule has 0 spiro atoms. The van der Waals surface area contributed by atoms with Gasteiger partial charge >= 0.3 is 0 Å². The van der Waals surface area contributed by atoms with Crippen LogP contribution in [0.25, 0.3) is 10.9 Å². The molecule has 8 nitrogen and oxygen atoms in total. The minimum atomic E-state index is 0.507. The Hall–Kier alpha value is -3.23. The molecule has 3 aromatic rings. The molecule has 1 aliphatic rings. The third-order valence-electron chi connectivity index (χ3n) is 4.86. The number of benzene rings is 1. The van der Waals surface area contributed by atoms with Crippen LogP contribution in [-0.2, 0) is 6.54 Å². The van der Waals surface area contributed by atoms with Gasteiger partial charge < -0.3 is 16.5 Å². The first-order chi connectivity index (χ1) is 13.1. The van der Waals surface area contributed by atoms with E-state index in [4.69, 9.17) is 16.6 Å². The number of hydrogen-bond donors (Lipinski definition) is 4. The number of hydrogen-bond acceptors (Lipinski definition) is 7. The van der Waals surface area contributed by atoms with E-state index >= 15 is 0 Å². The van der Waals surface area contributed by atoms with Crippen molar-refractivity contribution in [1.29, 1.82) is 0 Å². The van der Waals surface area contributed by atoms with Crippen LogP contribution in [-0.4, -0.2) is 35.1 Å². The fourth-order valence-corrected chi connectivity index (χ4v) is 3.31. The molecule has 0 amide bonds. The fraction of sp³-hybridized carbons (Fsp3) is 0.211. The summed E-state index contributed by atoms with van der Waals surface area (Å²) in [5, 5.41) is 4.45.